The van der Waals surface area contributed by atoms with E-state index in [1.54, 1.807) is 0 Å². The molecule has 0 spiro atoms. The van der Waals surface area contributed by atoms with Crippen molar-refractivity contribution in [3.8, 4) is 11.3 Å². The van der Waals surface area contributed by atoms with E-state index in [2.05, 4.69) is 17.3 Å². The van der Waals surface area contributed by atoms with Gasteiger partial charge in [0.15, 0.2) is 0 Å². The number of benzene rings is 1. The lowest BCUT2D eigenvalue weighted by Crippen LogP contribution is -1.92. The van der Waals surface area contributed by atoms with Crippen molar-refractivity contribution in [3.63, 3.8) is 0 Å². The number of aromatic nitrogens is 1. The van der Waals surface area contributed by atoms with Crippen LogP contribution in [0.5, 0.6) is 0 Å². The number of aromatic carboxylic acids is 1. The second-order valence-electron chi connectivity index (χ2n) is 4.93. The lowest BCUT2D eigenvalue weighted by Gasteiger charge is -2.06. The zero-order valence-corrected chi connectivity index (χ0v) is 10.6. The summed E-state index contributed by atoms with van der Waals surface area (Å²) < 4.78 is 4.80. The van der Waals surface area contributed by atoms with Crippen LogP contribution in [0.4, 0.5) is 0 Å². The van der Waals surface area contributed by atoms with Gasteiger partial charge >= 0.3 is 5.97 Å². The quantitative estimate of drug-likeness (QED) is 0.838. The van der Waals surface area contributed by atoms with Crippen LogP contribution in [-0.2, 0) is 12.8 Å². The average Bonchev–Trinajstić information content (AvgIpc) is 2.78. The van der Waals surface area contributed by atoms with Crippen LogP contribution >= 0.6 is 0 Å². The Hall–Kier alpha value is -2.10. The molecule has 0 atom stereocenters. The Bertz CT molecular complexity index is 616. The second-order valence-corrected chi connectivity index (χ2v) is 4.93. The number of carbonyl (C=O) groups is 1. The van der Waals surface area contributed by atoms with Gasteiger partial charge in [0.05, 0.1) is 0 Å². The molecule has 1 aliphatic rings. The summed E-state index contributed by atoms with van der Waals surface area (Å²) >= 11 is 0. The third-order valence-corrected chi connectivity index (χ3v) is 3.62. The van der Waals surface area contributed by atoms with Crippen LogP contribution in [0.2, 0.25) is 0 Å². The normalized spacial score (nSPS) is 14.7. The number of hydrogen-bond donors (Lipinski definition) is 1. The average molecular weight is 257 g/mol. The topological polar surface area (TPSA) is 63.3 Å². The molecule has 98 valence electrons. The van der Waals surface area contributed by atoms with Crippen LogP contribution < -0.4 is 0 Å². The number of nitrogens with zero attached hydrogens (tertiary/aromatic N) is 1. The Labute approximate surface area is 111 Å². The monoisotopic (exact) mass is 257 g/mol. The second kappa shape index (κ2) is 4.88. The fraction of sp³-hybridized carbons (Fsp3) is 0.333. The Morgan fingerprint density at radius 1 is 1.11 bits per heavy atom. The van der Waals surface area contributed by atoms with Crippen molar-refractivity contribution in [2.75, 3.05) is 0 Å². The fourth-order valence-electron chi connectivity index (χ4n) is 2.58. The van der Waals surface area contributed by atoms with Crippen molar-refractivity contribution in [1.82, 2.24) is 5.16 Å². The molecule has 0 bridgehead atoms. The summed E-state index contributed by atoms with van der Waals surface area (Å²) in [5, 5.41) is 12.7. The van der Waals surface area contributed by atoms with Gasteiger partial charge in [-0.05, 0) is 42.9 Å². The van der Waals surface area contributed by atoms with Crippen LogP contribution in [0.15, 0.2) is 28.8 Å². The molecule has 4 nitrogen and oxygen atoms in total. The molecule has 0 fully saturated rings. The van der Waals surface area contributed by atoms with Gasteiger partial charge in [-0.15, -0.1) is 0 Å². The van der Waals surface area contributed by atoms with Crippen LogP contribution in [0, 0.1) is 0 Å². The first kappa shape index (κ1) is 12.0. The molecule has 0 amide bonds. The maximum atomic E-state index is 10.8. The zero-order chi connectivity index (χ0) is 13.2. The molecule has 19 heavy (non-hydrogen) atoms. The molecule has 1 aromatic heterocycles. The summed E-state index contributed by atoms with van der Waals surface area (Å²) in [6.07, 6.45) is 5.97. The van der Waals surface area contributed by atoms with Crippen molar-refractivity contribution in [2.24, 2.45) is 0 Å². The Kier molecular flexibility index (Phi) is 3.07. The third kappa shape index (κ3) is 2.38. The first-order chi connectivity index (χ1) is 9.24. The minimum Gasteiger partial charge on any atom is -0.475 e. The van der Waals surface area contributed by atoms with E-state index in [9.17, 15) is 4.79 Å². The summed E-state index contributed by atoms with van der Waals surface area (Å²) in [5.74, 6) is -1.21. The molecule has 1 aromatic carbocycles. The smallest absolute Gasteiger partial charge is 0.374 e. The van der Waals surface area contributed by atoms with Gasteiger partial charge < -0.3 is 9.63 Å². The number of hydrogen-bond acceptors (Lipinski definition) is 3. The Morgan fingerprint density at radius 2 is 1.89 bits per heavy atom. The molecule has 1 heterocycles. The van der Waals surface area contributed by atoms with Crippen molar-refractivity contribution in [3.05, 3.63) is 41.2 Å². The molecular weight excluding hydrogens is 242 g/mol. The highest BCUT2D eigenvalue weighted by molar-refractivity contribution is 5.85. The molecule has 1 aliphatic carbocycles. The predicted octanol–water partition coefficient (Wildman–Crippen LogP) is 3.31. The largest absolute Gasteiger partial charge is 0.475 e. The number of fused-ring (bicyclic) bond motifs is 1. The van der Waals surface area contributed by atoms with Crippen molar-refractivity contribution >= 4 is 5.97 Å². The first-order valence-electron chi connectivity index (χ1n) is 6.56. The minimum absolute atomic E-state index is 0.120. The van der Waals surface area contributed by atoms with Gasteiger partial charge in [0.1, 0.15) is 5.69 Å². The van der Waals surface area contributed by atoms with Gasteiger partial charge in [-0.3, -0.25) is 0 Å². The lowest BCUT2D eigenvalue weighted by molar-refractivity contribution is 0.0652. The maximum Gasteiger partial charge on any atom is 0.374 e. The van der Waals surface area contributed by atoms with Crippen molar-refractivity contribution < 1.29 is 14.4 Å². The van der Waals surface area contributed by atoms with E-state index in [4.69, 9.17) is 9.63 Å². The summed E-state index contributed by atoms with van der Waals surface area (Å²) in [5.41, 5.74) is 4.28. The van der Waals surface area contributed by atoms with Crippen molar-refractivity contribution in [1.29, 1.82) is 0 Å². The molecular formula is C15H15NO3. The Balaban J connectivity index is 1.96. The minimum atomic E-state index is -1.09. The number of carboxylic acids is 1. The van der Waals surface area contributed by atoms with Gasteiger partial charge in [0, 0.05) is 11.6 Å². The molecule has 3 rings (SSSR count). The molecule has 0 saturated carbocycles. The zero-order valence-electron chi connectivity index (χ0n) is 10.6. The number of aryl methyl sites for hydroxylation is 2. The van der Waals surface area contributed by atoms with E-state index in [1.807, 2.05) is 6.07 Å². The molecule has 0 unspecified atom stereocenters. The van der Waals surface area contributed by atoms with Crippen LogP contribution in [0.3, 0.4) is 0 Å². The van der Waals surface area contributed by atoms with Gasteiger partial charge in [0.25, 0.3) is 0 Å². The lowest BCUT2D eigenvalue weighted by atomic mass is 9.99. The van der Waals surface area contributed by atoms with Gasteiger partial charge in [-0.2, -0.15) is 0 Å². The van der Waals surface area contributed by atoms with E-state index >= 15 is 0 Å². The fourth-order valence-corrected chi connectivity index (χ4v) is 2.58. The van der Waals surface area contributed by atoms with Gasteiger partial charge in [-0.25, -0.2) is 4.79 Å². The SMILES string of the molecule is O=C(O)c1cc(-c2ccc3c(c2)CCCCC3)no1. The highest BCUT2D eigenvalue weighted by atomic mass is 16.5. The summed E-state index contributed by atoms with van der Waals surface area (Å²) in [4.78, 5) is 10.8. The summed E-state index contributed by atoms with van der Waals surface area (Å²) in [6.45, 7) is 0. The van der Waals surface area contributed by atoms with E-state index in [1.165, 1.54) is 36.5 Å². The highest BCUT2D eigenvalue weighted by Gasteiger charge is 2.14. The van der Waals surface area contributed by atoms with E-state index in [0.717, 1.165) is 18.4 Å². The van der Waals surface area contributed by atoms with E-state index < -0.39 is 5.97 Å². The number of carboxylic acid groups (broad SMARTS) is 1. The van der Waals surface area contributed by atoms with Crippen molar-refractivity contribution in [2.45, 2.75) is 32.1 Å². The molecule has 4 heteroatoms. The summed E-state index contributed by atoms with van der Waals surface area (Å²) in [7, 11) is 0. The Morgan fingerprint density at radius 3 is 2.63 bits per heavy atom. The standard InChI is InChI=1S/C15H15NO3/c17-15(18)14-9-13(16-19-14)12-7-6-10-4-2-1-3-5-11(10)8-12/h6-9H,1-5H2,(H,17,18). The van der Waals surface area contributed by atoms with Crippen LogP contribution in [0.25, 0.3) is 11.3 Å². The maximum absolute atomic E-state index is 10.8. The van der Waals surface area contributed by atoms with Gasteiger partial charge in [0.2, 0.25) is 5.76 Å². The molecule has 1 N–H and O–H groups in total. The molecule has 0 radical (unpaired) electrons. The third-order valence-electron chi connectivity index (χ3n) is 3.62. The van der Waals surface area contributed by atoms with Gasteiger partial charge in [-0.1, -0.05) is 23.7 Å². The van der Waals surface area contributed by atoms with Crippen LogP contribution in [0.1, 0.15) is 40.9 Å². The van der Waals surface area contributed by atoms with E-state index in [-0.39, 0.29) is 5.76 Å². The number of rotatable bonds is 2. The predicted molar refractivity (Wildman–Crippen MR) is 70.2 cm³/mol. The first-order valence-corrected chi connectivity index (χ1v) is 6.56. The molecule has 2 aromatic rings. The van der Waals surface area contributed by atoms with E-state index in [0.29, 0.717) is 5.69 Å². The molecule has 0 saturated heterocycles. The molecule has 0 aliphatic heterocycles. The van der Waals surface area contributed by atoms with Crippen LogP contribution in [-0.4, -0.2) is 16.2 Å². The highest BCUT2D eigenvalue weighted by Crippen LogP contribution is 2.26. The summed E-state index contributed by atoms with van der Waals surface area (Å²) in [6, 6.07) is 7.71.